The molecule has 0 radical (unpaired) electrons. The van der Waals surface area contributed by atoms with Crippen LogP contribution in [0, 0.1) is 17.2 Å². The van der Waals surface area contributed by atoms with Crippen LogP contribution in [0.1, 0.15) is 25.3 Å². The predicted molar refractivity (Wildman–Crippen MR) is 69.5 cm³/mol. The Balaban J connectivity index is 2.45. The Hall–Kier alpha value is -1.73. The van der Waals surface area contributed by atoms with E-state index in [0.717, 1.165) is 25.1 Å². The average Bonchev–Trinajstić information content (AvgIpc) is 2.36. The van der Waals surface area contributed by atoms with E-state index in [4.69, 9.17) is 16.1 Å². The minimum Gasteiger partial charge on any atom is -0.396 e. The summed E-state index contributed by atoms with van der Waals surface area (Å²) in [5.41, 5.74) is 7.65. The summed E-state index contributed by atoms with van der Waals surface area (Å²) >= 11 is 0. The van der Waals surface area contributed by atoms with Crippen LogP contribution in [0.25, 0.3) is 0 Å². The molecule has 4 nitrogen and oxygen atoms in total. The fraction of sp³-hybridized carbons (Fsp3) is 0.462. The van der Waals surface area contributed by atoms with E-state index in [1.165, 1.54) is 0 Å². The van der Waals surface area contributed by atoms with Crippen molar-refractivity contribution in [2.24, 2.45) is 5.92 Å². The van der Waals surface area contributed by atoms with Crippen LogP contribution in [-0.2, 0) is 0 Å². The third-order valence-corrected chi connectivity index (χ3v) is 2.73. The lowest BCUT2D eigenvalue weighted by molar-refractivity contribution is 0.229. The van der Waals surface area contributed by atoms with Gasteiger partial charge >= 0.3 is 0 Å². The first-order valence-electron chi connectivity index (χ1n) is 5.82. The fourth-order valence-electron chi connectivity index (χ4n) is 1.58. The zero-order chi connectivity index (χ0) is 12.7. The summed E-state index contributed by atoms with van der Waals surface area (Å²) in [7, 11) is 0. The maximum absolute atomic E-state index is 8.89. The van der Waals surface area contributed by atoms with E-state index in [2.05, 4.69) is 11.4 Å². The lowest BCUT2D eigenvalue weighted by Crippen LogP contribution is -2.08. The van der Waals surface area contributed by atoms with Gasteiger partial charge in [0.05, 0.1) is 16.9 Å². The van der Waals surface area contributed by atoms with E-state index in [1.807, 2.05) is 19.1 Å². The summed E-state index contributed by atoms with van der Waals surface area (Å²) in [6.07, 6.45) is 1.94. The molecule has 0 saturated carbocycles. The van der Waals surface area contributed by atoms with Gasteiger partial charge in [0.15, 0.2) is 0 Å². The maximum atomic E-state index is 8.89. The number of rotatable bonds is 6. The van der Waals surface area contributed by atoms with Crippen LogP contribution in [0.2, 0.25) is 0 Å². The van der Waals surface area contributed by atoms with Crippen molar-refractivity contribution >= 4 is 11.4 Å². The molecule has 1 aromatic carbocycles. The molecule has 17 heavy (non-hydrogen) atoms. The number of nitrogen functional groups attached to an aromatic ring is 1. The predicted octanol–water partition coefficient (Wildman–Crippen LogP) is 1.96. The Bertz CT molecular complexity index is 398. The molecule has 0 amide bonds. The second-order valence-corrected chi connectivity index (χ2v) is 4.24. The third-order valence-electron chi connectivity index (χ3n) is 2.73. The minimum atomic E-state index is 0.228. The van der Waals surface area contributed by atoms with Crippen molar-refractivity contribution in [3.8, 4) is 6.07 Å². The van der Waals surface area contributed by atoms with Gasteiger partial charge in [0.1, 0.15) is 6.07 Å². The number of nitrogens with zero attached hydrogens (tertiary/aromatic N) is 1. The number of para-hydroxylation sites is 1. The molecule has 92 valence electrons. The highest BCUT2D eigenvalue weighted by atomic mass is 16.3. The molecule has 0 bridgehead atoms. The molecule has 1 aromatic rings. The quantitative estimate of drug-likeness (QED) is 0.518. The molecule has 0 aliphatic heterocycles. The van der Waals surface area contributed by atoms with Crippen LogP contribution in [0.3, 0.4) is 0 Å². The van der Waals surface area contributed by atoms with Crippen molar-refractivity contribution in [2.75, 3.05) is 24.2 Å². The van der Waals surface area contributed by atoms with E-state index in [1.54, 1.807) is 6.07 Å². The Morgan fingerprint density at radius 3 is 2.94 bits per heavy atom. The van der Waals surface area contributed by atoms with Gasteiger partial charge < -0.3 is 16.2 Å². The van der Waals surface area contributed by atoms with Gasteiger partial charge in [-0.1, -0.05) is 13.0 Å². The highest BCUT2D eigenvalue weighted by Gasteiger charge is 2.04. The third kappa shape index (κ3) is 3.97. The number of aliphatic hydroxyl groups is 1. The van der Waals surface area contributed by atoms with Crippen LogP contribution >= 0.6 is 0 Å². The number of nitrogens with two attached hydrogens (primary N) is 1. The van der Waals surface area contributed by atoms with Gasteiger partial charge in [-0.2, -0.15) is 5.26 Å². The normalized spacial score (nSPS) is 11.8. The molecule has 1 atom stereocenters. The van der Waals surface area contributed by atoms with Crippen LogP contribution in [0.5, 0.6) is 0 Å². The summed E-state index contributed by atoms with van der Waals surface area (Å²) in [5, 5.41) is 20.9. The minimum absolute atomic E-state index is 0.228. The highest BCUT2D eigenvalue weighted by Crippen LogP contribution is 2.21. The van der Waals surface area contributed by atoms with Crippen molar-refractivity contribution < 1.29 is 5.11 Å². The van der Waals surface area contributed by atoms with E-state index in [9.17, 15) is 0 Å². The maximum Gasteiger partial charge on any atom is 0.101 e. The fourth-order valence-corrected chi connectivity index (χ4v) is 1.58. The number of nitrogens with one attached hydrogen (secondary N) is 1. The second kappa shape index (κ2) is 6.77. The van der Waals surface area contributed by atoms with Crippen molar-refractivity contribution in [1.29, 1.82) is 5.26 Å². The van der Waals surface area contributed by atoms with Gasteiger partial charge in [-0.15, -0.1) is 0 Å². The van der Waals surface area contributed by atoms with E-state index >= 15 is 0 Å². The summed E-state index contributed by atoms with van der Waals surface area (Å²) in [5.74, 6) is 0.333. The summed E-state index contributed by atoms with van der Waals surface area (Å²) in [6, 6.07) is 7.44. The standard InChI is InChI=1S/C13H19N3O/c1-10(9-17)4-3-7-16-12-6-2-5-11(8-14)13(12)15/h2,5-6,10,16-17H,3-4,7,9,15H2,1H3. The van der Waals surface area contributed by atoms with Crippen molar-refractivity contribution in [3.05, 3.63) is 23.8 Å². The molecule has 0 fully saturated rings. The van der Waals surface area contributed by atoms with E-state index < -0.39 is 0 Å². The molecule has 0 aliphatic carbocycles. The summed E-state index contributed by atoms with van der Waals surface area (Å²) in [6.45, 7) is 3.04. The molecule has 0 spiro atoms. The molecule has 4 heteroatoms. The first-order chi connectivity index (χ1) is 8.19. The Kier molecular flexibility index (Phi) is 5.31. The Morgan fingerprint density at radius 2 is 2.29 bits per heavy atom. The first-order valence-corrected chi connectivity index (χ1v) is 5.82. The zero-order valence-electron chi connectivity index (χ0n) is 10.1. The summed E-state index contributed by atoms with van der Waals surface area (Å²) in [4.78, 5) is 0. The molecule has 0 heterocycles. The smallest absolute Gasteiger partial charge is 0.101 e. The largest absolute Gasteiger partial charge is 0.396 e. The van der Waals surface area contributed by atoms with Crippen molar-refractivity contribution in [3.63, 3.8) is 0 Å². The van der Waals surface area contributed by atoms with Gasteiger partial charge in [-0.3, -0.25) is 0 Å². The van der Waals surface area contributed by atoms with Crippen molar-refractivity contribution in [2.45, 2.75) is 19.8 Å². The SMILES string of the molecule is CC(CO)CCCNc1cccc(C#N)c1N. The Morgan fingerprint density at radius 1 is 1.53 bits per heavy atom. The van der Waals surface area contributed by atoms with Gasteiger partial charge in [-0.05, 0) is 30.9 Å². The van der Waals surface area contributed by atoms with Gasteiger partial charge in [0.2, 0.25) is 0 Å². The number of aliphatic hydroxyl groups excluding tert-OH is 1. The summed E-state index contributed by atoms with van der Waals surface area (Å²) < 4.78 is 0. The molecular formula is C13H19N3O. The van der Waals surface area contributed by atoms with Crippen LogP contribution in [-0.4, -0.2) is 18.3 Å². The molecule has 0 aromatic heterocycles. The molecule has 1 rings (SSSR count). The molecule has 0 aliphatic rings. The van der Waals surface area contributed by atoms with Crippen LogP contribution < -0.4 is 11.1 Å². The number of hydrogen-bond donors (Lipinski definition) is 3. The lowest BCUT2D eigenvalue weighted by atomic mass is 10.1. The monoisotopic (exact) mass is 233 g/mol. The van der Waals surface area contributed by atoms with Crippen molar-refractivity contribution in [1.82, 2.24) is 0 Å². The number of benzene rings is 1. The molecule has 4 N–H and O–H groups in total. The number of anilines is 2. The van der Waals surface area contributed by atoms with Gasteiger partial charge in [-0.25, -0.2) is 0 Å². The first kappa shape index (κ1) is 13.3. The average molecular weight is 233 g/mol. The zero-order valence-corrected chi connectivity index (χ0v) is 10.1. The Labute approximate surface area is 102 Å². The van der Waals surface area contributed by atoms with Crippen LogP contribution in [0.15, 0.2) is 18.2 Å². The van der Waals surface area contributed by atoms with E-state index in [-0.39, 0.29) is 6.61 Å². The van der Waals surface area contributed by atoms with E-state index in [0.29, 0.717) is 17.2 Å². The topological polar surface area (TPSA) is 82.1 Å². The van der Waals surface area contributed by atoms with Gasteiger partial charge in [0.25, 0.3) is 0 Å². The van der Waals surface area contributed by atoms with Crippen LogP contribution in [0.4, 0.5) is 11.4 Å². The molecular weight excluding hydrogens is 214 g/mol. The number of nitriles is 1. The molecule has 1 unspecified atom stereocenters. The lowest BCUT2D eigenvalue weighted by Gasteiger charge is -2.11. The highest BCUT2D eigenvalue weighted by molar-refractivity contribution is 5.72. The van der Waals surface area contributed by atoms with Gasteiger partial charge in [0, 0.05) is 13.2 Å². The number of hydrogen-bond acceptors (Lipinski definition) is 4. The second-order valence-electron chi connectivity index (χ2n) is 4.24. The molecule has 0 saturated heterocycles.